The number of nitrogens with one attached hydrogen (secondary N) is 1. The minimum Gasteiger partial charge on any atom is -0.310 e. The summed E-state index contributed by atoms with van der Waals surface area (Å²) >= 11 is 0. The van der Waals surface area contributed by atoms with Crippen molar-refractivity contribution in [2.75, 3.05) is 13.1 Å². The lowest BCUT2D eigenvalue weighted by Crippen LogP contribution is -2.54. The van der Waals surface area contributed by atoms with Gasteiger partial charge in [-0.3, -0.25) is 9.88 Å². The van der Waals surface area contributed by atoms with Crippen LogP contribution in [0, 0.1) is 11.3 Å². The van der Waals surface area contributed by atoms with Crippen molar-refractivity contribution in [3.63, 3.8) is 0 Å². The van der Waals surface area contributed by atoms with Crippen LogP contribution in [-0.4, -0.2) is 35.1 Å². The molecule has 0 spiro atoms. The van der Waals surface area contributed by atoms with Crippen LogP contribution in [0.4, 0.5) is 0 Å². The van der Waals surface area contributed by atoms with Crippen molar-refractivity contribution in [2.24, 2.45) is 0 Å². The fraction of sp³-hybridized carbons (Fsp3) is 0.538. The largest absolute Gasteiger partial charge is 0.310 e. The van der Waals surface area contributed by atoms with E-state index in [0.717, 1.165) is 25.3 Å². The average Bonchev–Trinajstić information content (AvgIpc) is 2.35. The first kappa shape index (κ1) is 12.0. The summed E-state index contributed by atoms with van der Waals surface area (Å²) < 4.78 is 0. The summed E-state index contributed by atoms with van der Waals surface area (Å²) in [7, 11) is 0. The van der Waals surface area contributed by atoms with E-state index in [2.05, 4.69) is 28.2 Å². The molecular formula is C13H18N4. The number of hydrogen-bond donors (Lipinski definition) is 1. The van der Waals surface area contributed by atoms with Gasteiger partial charge in [0, 0.05) is 37.9 Å². The smallest absolute Gasteiger partial charge is 0.0638 e. The van der Waals surface area contributed by atoms with E-state index in [1.807, 2.05) is 24.4 Å². The molecule has 0 amide bonds. The van der Waals surface area contributed by atoms with Gasteiger partial charge in [-0.25, -0.2) is 0 Å². The Hall–Kier alpha value is -1.44. The van der Waals surface area contributed by atoms with Crippen molar-refractivity contribution in [3.05, 3.63) is 30.1 Å². The van der Waals surface area contributed by atoms with Gasteiger partial charge < -0.3 is 5.32 Å². The van der Waals surface area contributed by atoms with Crippen molar-refractivity contribution >= 4 is 0 Å². The zero-order valence-corrected chi connectivity index (χ0v) is 10.1. The molecule has 1 saturated heterocycles. The van der Waals surface area contributed by atoms with E-state index in [0.29, 0.717) is 18.5 Å². The van der Waals surface area contributed by atoms with Crippen LogP contribution in [0.5, 0.6) is 0 Å². The second-order valence-electron chi connectivity index (χ2n) is 4.57. The number of nitrogens with zero attached hydrogens (tertiary/aromatic N) is 3. The molecule has 2 heterocycles. The Morgan fingerprint density at radius 1 is 1.59 bits per heavy atom. The van der Waals surface area contributed by atoms with Crippen LogP contribution in [0.2, 0.25) is 0 Å². The first-order valence-electron chi connectivity index (χ1n) is 6.04. The van der Waals surface area contributed by atoms with Gasteiger partial charge in [0.15, 0.2) is 0 Å². The zero-order valence-electron chi connectivity index (χ0n) is 10.1. The Morgan fingerprint density at radius 3 is 3.18 bits per heavy atom. The summed E-state index contributed by atoms with van der Waals surface area (Å²) in [5.74, 6) is 0. The van der Waals surface area contributed by atoms with Crippen LogP contribution in [0.25, 0.3) is 0 Å². The van der Waals surface area contributed by atoms with Crippen molar-refractivity contribution in [3.8, 4) is 6.07 Å². The van der Waals surface area contributed by atoms with E-state index >= 15 is 0 Å². The van der Waals surface area contributed by atoms with E-state index in [4.69, 9.17) is 5.26 Å². The van der Waals surface area contributed by atoms with Crippen LogP contribution < -0.4 is 5.32 Å². The maximum Gasteiger partial charge on any atom is 0.0638 e. The Bertz CT molecular complexity index is 384. The summed E-state index contributed by atoms with van der Waals surface area (Å²) in [6, 6.07) is 9.02. The van der Waals surface area contributed by atoms with Gasteiger partial charge in [0.25, 0.3) is 0 Å². The topological polar surface area (TPSA) is 52.0 Å². The molecule has 17 heavy (non-hydrogen) atoms. The van der Waals surface area contributed by atoms with Gasteiger partial charge in [-0.05, 0) is 19.1 Å². The Kier molecular flexibility index (Phi) is 4.08. The molecule has 0 aromatic carbocycles. The van der Waals surface area contributed by atoms with E-state index in [-0.39, 0.29) is 0 Å². The van der Waals surface area contributed by atoms with Gasteiger partial charge in [0.05, 0.1) is 18.2 Å². The van der Waals surface area contributed by atoms with Crippen molar-refractivity contribution in [1.29, 1.82) is 5.26 Å². The highest BCUT2D eigenvalue weighted by Gasteiger charge is 2.24. The van der Waals surface area contributed by atoms with Crippen LogP contribution in [-0.2, 0) is 6.54 Å². The number of rotatable bonds is 3. The third kappa shape index (κ3) is 3.26. The van der Waals surface area contributed by atoms with Gasteiger partial charge in [-0.1, -0.05) is 6.07 Å². The van der Waals surface area contributed by atoms with Crippen LogP contribution in [0.1, 0.15) is 19.0 Å². The number of pyridine rings is 1. The molecule has 1 aliphatic heterocycles. The number of nitriles is 1. The van der Waals surface area contributed by atoms with Crippen LogP contribution >= 0.6 is 0 Å². The monoisotopic (exact) mass is 230 g/mol. The molecule has 1 fully saturated rings. The molecule has 4 heteroatoms. The molecule has 1 N–H and O–H groups in total. The van der Waals surface area contributed by atoms with Crippen LogP contribution in [0.15, 0.2) is 24.4 Å². The maximum absolute atomic E-state index is 8.74. The first-order valence-corrected chi connectivity index (χ1v) is 6.04. The standard InChI is InChI=1S/C13H18N4/c1-11-8-16-13(5-6-14)10-17(11)9-12-4-2-3-7-15-12/h2-4,7,11,13,16H,5,8-10H2,1H3. The average molecular weight is 230 g/mol. The molecule has 0 bridgehead atoms. The quantitative estimate of drug-likeness (QED) is 0.846. The predicted molar refractivity (Wildman–Crippen MR) is 66.1 cm³/mol. The number of piperazine rings is 1. The lowest BCUT2D eigenvalue weighted by atomic mass is 10.1. The molecule has 0 saturated carbocycles. The summed E-state index contributed by atoms with van der Waals surface area (Å²) in [5.41, 5.74) is 1.09. The third-order valence-corrected chi connectivity index (χ3v) is 3.21. The summed E-state index contributed by atoms with van der Waals surface area (Å²) in [4.78, 5) is 6.74. The van der Waals surface area contributed by atoms with Crippen molar-refractivity contribution in [2.45, 2.75) is 32.0 Å². The second-order valence-corrected chi connectivity index (χ2v) is 4.57. The van der Waals surface area contributed by atoms with E-state index in [1.54, 1.807) is 0 Å². The minimum absolute atomic E-state index is 0.292. The Morgan fingerprint density at radius 2 is 2.47 bits per heavy atom. The Labute approximate surface area is 102 Å². The molecule has 1 aromatic rings. The highest BCUT2D eigenvalue weighted by Crippen LogP contribution is 2.12. The molecule has 90 valence electrons. The molecule has 2 atom stereocenters. The predicted octanol–water partition coefficient (Wildman–Crippen LogP) is 1.16. The van der Waals surface area contributed by atoms with Crippen molar-refractivity contribution in [1.82, 2.24) is 15.2 Å². The van der Waals surface area contributed by atoms with Gasteiger partial charge in [0.2, 0.25) is 0 Å². The third-order valence-electron chi connectivity index (χ3n) is 3.21. The summed E-state index contributed by atoms with van der Waals surface area (Å²) in [5, 5.41) is 12.1. The Balaban J connectivity index is 1.96. The van der Waals surface area contributed by atoms with Gasteiger partial charge in [-0.2, -0.15) is 5.26 Å². The van der Waals surface area contributed by atoms with Gasteiger partial charge >= 0.3 is 0 Å². The molecular weight excluding hydrogens is 212 g/mol. The summed E-state index contributed by atoms with van der Waals surface area (Å²) in [6.07, 6.45) is 2.40. The molecule has 2 rings (SSSR count). The SMILES string of the molecule is CC1CNC(CC#N)CN1Cc1ccccn1. The molecule has 4 nitrogen and oxygen atoms in total. The normalized spacial score (nSPS) is 25.4. The zero-order chi connectivity index (χ0) is 12.1. The maximum atomic E-state index is 8.74. The fourth-order valence-electron chi connectivity index (χ4n) is 2.16. The molecule has 2 unspecified atom stereocenters. The minimum atomic E-state index is 0.292. The number of aromatic nitrogens is 1. The second kappa shape index (κ2) is 5.76. The van der Waals surface area contributed by atoms with E-state index in [1.165, 1.54) is 0 Å². The molecule has 1 aromatic heterocycles. The summed E-state index contributed by atoms with van der Waals surface area (Å²) in [6.45, 7) is 4.94. The molecule has 0 radical (unpaired) electrons. The highest BCUT2D eigenvalue weighted by molar-refractivity contribution is 5.04. The first-order chi connectivity index (χ1) is 8.29. The van der Waals surface area contributed by atoms with Crippen LogP contribution in [0.3, 0.4) is 0 Å². The lowest BCUT2D eigenvalue weighted by molar-refractivity contribution is 0.133. The van der Waals surface area contributed by atoms with E-state index in [9.17, 15) is 0 Å². The lowest BCUT2D eigenvalue weighted by Gasteiger charge is -2.37. The van der Waals surface area contributed by atoms with E-state index < -0.39 is 0 Å². The molecule has 0 aliphatic carbocycles. The van der Waals surface area contributed by atoms with Crippen molar-refractivity contribution < 1.29 is 0 Å². The van der Waals surface area contributed by atoms with Gasteiger partial charge in [0.1, 0.15) is 0 Å². The van der Waals surface area contributed by atoms with Gasteiger partial charge in [-0.15, -0.1) is 0 Å². The number of hydrogen-bond acceptors (Lipinski definition) is 4. The fourth-order valence-corrected chi connectivity index (χ4v) is 2.16. The highest BCUT2D eigenvalue weighted by atomic mass is 15.2. The molecule has 1 aliphatic rings.